The zero-order valence-corrected chi connectivity index (χ0v) is 31.3. The molecule has 2 aliphatic rings. The van der Waals surface area contributed by atoms with Crippen LogP contribution in [0.3, 0.4) is 0 Å². The topological polar surface area (TPSA) is 163 Å². The van der Waals surface area contributed by atoms with Crippen LogP contribution < -0.4 is 21.3 Å². The first kappa shape index (κ1) is 41.2. The summed E-state index contributed by atoms with van der Waals surface area (Å²) in [6, 6.07) is 4.76. The van der Waals surface area contributed by atoms with Gasteiger partial charge in [-0.25, -0.2) is 9.59 Å². The van der Waals surface area contributed by atoms with E-state index in [9.17, 15) is 28.8 Å². The maximum absolute atomic E-state index is 14.5. The van der Waals surface area contributed by atoms with E-state index in [0.29, 0.717) is 25.3 Å². The number of amides is 5. The maximum atomic E-state index is 14.5. The van der Waals surface area contributed by atoms with E-state index in [4.69, 9.17) is 4.74 Å². The lowest BCUT2D eigenvalue weighted by molar-refractivity contribution is -0.148. The molecule has 12 heteroatoms. The molecule has 1 aromatic carbocycles. The molecule has 0 radical (unpaired) electrons. The number of nitrogens with one attached hydrogen (secondary N) is 4. The van der Waals surface area contributed by atoms with Crippen molar-refractivity contribution in [2.75, 3.05) is 13.1 Å². The third-order valence-electron chi connectivity index (χ3n) is 9.64. The van der Waals surface area contributed by atoms with E-state index < -0.39 is 65.1 Å². The fourth-order valence-corrected chi connectivity index (χ4v) is 7.10. The zero-order valence-electron chi connectivity index (χ0n) is 31.3. The smallest absolute Gasteiger partial charge is 0.329 e. The number of likely N-dealkylation sites (tertiary alicyclic amines) is 1. The number of ether oxygens (including phenoxy) is 1. The first-order chi connectivity index (χ1) is 24.2. The van der Waals surface area contributed by atoms with Gasteiger partial charge >= 0.3 is 12.0 Å². The van der Waals surface area contributed by atoms with Gasteiger partial charge in [0.25, 0.3) is 5.91 Å². The highest BCUT2D eigenvalue weighted by Crippen LogP contribution is 2.32. The van der Waals surface area contributed by atoms with Crippen molar-refractivity contribution in [3.05, 3.63) is 48.6 Å². The summed E-state index contributed by atoms with van der Waals surface area (Å²) in [5.74, 6) is -2.81. The van der Waals surface area contributed by atoms with Crippen LogP contribution in [0.5, 0.6) is 0 Å². The molecule has 1 saturated carbocycles. The summed E-state index contributed by atoms with van der Waals surface area (Å²) < 4.78 is 5.63. The van der Waals surface area contributed by atoms with Crippen molar-refractivity contribution in [2.45, 2.75) is 124 Å². The van der Waals surface area contributed by atoms with Crippen molar-refractivity contribution >= 4 is 35.5 Å². The molecule has 0 bridgehead atoms. The Hall–Kier alpha value is -4.22. The van der Waals surface area contributed by atoms with Crippen LogP contribution in [0.1, 0.15) is 98.5 Å². The van der Waals surface area contributed by atoms with Crippen LogP contribution in [-0.2, 0) is 35.3 Å². The number of Topliss-reactive ketones (excluding diaryl/α,β-unsaturated/α-hetero) is 1. The minimum atomic E-state index is -1.05. The molecule has 12 nitrogen and oxygen atoms in total. The molecule has 1 unspecified atom stereocenters. The summed E-state index contributed by atoms with van der Waals surface area (Å²) in [7, 11) is 0. The summed E-state index contributed by atoms with van der Waals surface area (Å²) >= 11 is 0. The van der Waals surface area contributed by atoms with Gasteiger partial charge in [-0.15, -0.1) is 6.58 Å². The van der Waals surface area contributed by atoms with Crippen molar-refractivity contribution in [1.29, 1.82) is 0 Å². The number of ketones is 1. The summed E-state index contributed by atoms with van der Waals surface area (Å²) in [6.07, 6.45) is 6.84. The van der Waals surface area contributed by atoms with Gasteiger partial charge in [-0.2, -0.15) is 0 Å². The van der Waals surface area contributed by atoms with Crippen molar-refractivity contribution in [3.63, 3.8) is 0 Å². The van der Waals surface area contributed by atoms with Gasteiger partial charge < -0.3 is 30.9 Å². The highest BCUT2D eigenvalue weighted by Gasteiger charge is 2.46. The molecule has 5 atom stereocenters. The predicted octanol–water partition coefficient (Wildman–Crippen LogP) is 4.42. The number of esters is 1. The number of carbonyl (C=O) groups excluding carboxylic acids is 6. The molecule has 51 heavy (non-hydrogen) atoms. The molecular formula is C39H59N5O7. The Morgan fingerprint density at radius 1 is 1.00 bits per heavy atom. The average Bonchev–Trinajstić information content (AvgIpc) is 3.77. The van der Waals surface area contributed by atoms with Crippen LogP contribution in [0.2, 0.25) is 0 Å². The molecule has 3 rings (SSSR count). The second-order valence-corrected chi connectivity index (χ2v) is 15.5. The Balaban J connectivity index is 1.81. The average molecular weight is 710 g/mol. The van der Waals surface area contributed by atoms with Crippen LogP contribution in [0.25, 0.3) is 0 Å². The van der Waals surface area contributed by atoms with Gasteiger partial charge in [-0.3, -0.25) is 19.2 Å². The number of hydrogen-bond acceptors (Lipinski definition) is 7. The molecule has 1 heterocycles. The Kier molecular flexibility index (Phi) is 15.7. The van der Waals surface area contributed by atoms with Gasteiger partial charge in [0.15, 0.2) is 0 Å². The minimum absolute atomic E-state index is 0.0153. The Morgan fingerprint density at radius 3 is 2.25 bits per heavy atom. The molecule has 5 amide bonds. The number of carbonyl (C=O) groups is 6. The summed E-state index contributed by atoms with van der Waals surface area (Å²) in [5, 5.41) is 10.9. The maximum Gasteiger partial charge on any atom is 0.329 e. The highest BCUT2D eigenvalue weighted by atomic mass is 16.5. The van der Waals surface area contributed by atoms with Gasteiger partial charge in [0.2, 0.25) is 17.6 Å². The monoisotopic (exact) mass is 709 g/mol. The van der Waals surface area contributed by atoms with Crippen molar-refractivity contribution < 1.29 is 33.5 Å². The predicted molar refractivity (Wildman–Crippen MR) is 195 cm³/mol. The molecule has 282 valence electrons. The quantitative estimate of drug-likeness (QED) is 0.106. The second-order valence-electron chi connectivity index (χ2n) is 15.5. The first-order valence-electron chi connectivity index (χ1n) is 18.5. The molecule has 1 saturated heterocycles. The van der Waals surface area contributed by atoms with Crippen molar-refractivity contribution in [3.8, 4) is 0 Å². The normalized spacial score (nSPS) is 19.5. The van der Waals surface area contributed by atoms with Gasteiger partial charge in [0.1, 0.15) is 24.7 Å². The fraction of sp³-hybridized carbons (Fsp3) is 0.641. The number of rotatable bonds is 17. The number of hydrogen-bond donors (Lipinski definition) is 4. The van der Waals surface area contributed by atoms with Gasteiger partial charge in [-0.05, 0) is 60.8 Å². The Morgan fingerprint density at radius 2 is 1.67 bits per heavy atom. The molecule has 1 aromatic rings. The lowest BCUT2D eigenvalue weighted by atomic mass is 9.85. The van der Waals surface area contributed by atoms with E-state index >= 15 is 0 Å². The minimum Gasteiger partial charge on any atom is -0.459 e. The lowest BCUT2D eigenvalue weighted by Gasteiger charge is -2.36. The summed E-state index contributed by atoms with van der Waals surface area (Å²) in [4.78, 5) is 82.3. The largest absolute Gasteiger partial charge is 0.459 e. The summed E-state index contributed by atoms with van der Waals surface area (Å²) in [5.41, 5.74) is 0.0619. The SMILES string of the molecule is C=CCNC(=O)C(=O)C(CCC)NC(=O)[C@@H]1C[C@@H](CC(C)C)CN1C(=O)[C@@H](NC(=O)N[C@H](C(=O)OCc1ccccc1)C1CCCC1)C(C)(C)C. The van der Waals surface area contributed by atoms with Crippen molar-refractivity contribution in [2.24, 2.45) is 23.2 Å². The molecule has 2 fully saturated rings. The van der Waals surface area contributed by atoms with E-state index in [-0.39, 0.29) is 31.4 Å². The van der Waals surface area contributed by atoms with E-state index in [1.165, 1.54) is 11.0 Å². The van der Waals surface area contributed by atoms with Crippen LogP contribution in [-0.4, -0.2) is 77.7 Å². The fourth-order valence-electron chi connectivity index (χ4n) is 7.10. The van der Waals surface area contributed by atoms with Gasteiger partial charge in [-0.1, -0.05) is 97.2 Å². The van der Waals surface area contributed by atoms with Crippen LogP contribution in [0.15, 0.2) is 43.0 Å². The number of nitrogens with zero attached hydrogens (tertiary/aromatic N) is 1. The Bertz CT molecular complexity index is 1370. The summed E-state index contributed by atoms with van der Waals surface area (Å²) in [6.45, 7) is 15.5. The van der Waals surface area contributed by atoms with E-state index in [2.05, 4.69) is 41.7 Å². The third kappa shape index (κ3) is 12.2. The first-order valence-corrected chi connectivity index (χ1v) is 18.5. The van der Waals surface area contributed by atoms with E-state index in [1.807, 2.05) is 58.0 Å². The molecule has 0 aromatic heterocycles. The van der Waals surface area contributed by atoms with E-state index in [1.54, 1.807) is 0 Å². The van der Waals surface area contributed by atoms with Gasteiger partial charge in [0, 0.05) is 13.1 Å². The zero-order chi connectivity index (χ0) is 37.7. The van der Waals surface area contributed by atoms with Crippen LogP contribution >= 0.6 is 0 Å². The molecule has 4 N–H and O–H groups in total. The second kappa shape index (κ2) is 19.4. The molecular weight excluding hydrogens is 650 g/mol. The Labute approximate surface area is 303 Å². The van der Waals surface area contributed by atoms with Gasteiger partial charge in [0.05, 0.1) is 6.04 Å². The van der Waals surface area contributed by atoms with Crippen LogP contribution in [0.4, 0.5) is 4.79 Å². The molecule has 1 aliphatic carbocycles. The number of benzene rings is 1. The number of urea groups is 1. The highest BCUT2D eigenvalue weighted by molar-refractivity contribution is 6.38. The molecule has 0 spiro atoms. The lowest BCUT2D eigenvalue weighted by Crippen LogP contribution is -2.61. The molecule has 1 aliphatic heterocycles. The van der Waals surface area contributed by atoms with Crippen LogP contribution in [0, 0.1) is 23.2 Å². The third-order valence-corrected chi connectivity index (χ3v) is 9.64. The standard InChI is InChI=1S/C39H59N5O7/c1-8-15-29(32(45)35(47)40-20-9-2)41-34(46)30-22-27(21-25(3)4)23-44(30)36(48)33(39(5,6)7)43-38(50)42-31(28-18-13-14-19-28)37(49)51-24-26-16-11-10-12-17-26/h9-12,16-17,25,27-31,33H,2,8,13-15,18-24H2,1,3-7H3,(H,40,47)(H,41,46)(H2,42,43,50)/t27-,29?,30+,31+,33-/m1/s1. The van der Waals surface area contributed by atoms with E-state index in [0.717, 1.165) is 37.7 Å². The van der Waals surface area contributed by atoms with Crippen molar-refractivity contribution in [1.82, 2.24) is 26.2 Å².